The Balaban J connectivity index is 2.35. The van der Waals surface area contributed by atoms with Crippen LogP contribution in [-0.2, 0) is 23.6 Å². The lowest BCUT2D eigenvalue weighted by Gasteiger charge is -2.18. The summed E-state index contributed by atoms with van der Waals surface area (Å²) in [6.45, 7) is 0. The number of aromatic nitrogens is 1. The maximum atomic E-state index is 13.5. The van der Waals surface area contributed by atoms with Gasteiger partial charge in [-0.05, 0) is 23.8 Å². The van der Waals surface area contributed by atoms with Gasteiger partial charge in [-0.15, -0.1) is 0 Å². The first-order valence-electron chi connectivity index (χ1n) is 8.53. The Morgan fingerprint density at radius 3 is 1.77 bits per heavy atom. The standard InChI is InChI=1S/C21H13F6NO2/c22-20(23,24)16-7-3-1-5-13(16)14-10-9-12(11-18(29)30)28-19(14)15-6-2-4-8-17(15)21(25,26)27/h1-10H,11H2,(H,29,30). The largest absolute Gasteiger partial charge is 0.481 e. The van der Waals surface area contributed by atoms with Crippen molar-refractivity contribution in [1.82, 2.24) is 4.98 Å². The van der Waals surface area contributed by atoms with E-state index in [0.717, 1.165) is 30.3 Å². The first-order valence-corrected chi connectivity index (χ1v) is 8.53. The number of hydrogen-bond donors (Lipinski definition) is 1. The van der Waals surface area contributed by atoms with Crippen molar-refractivity contribution in [3.05, 3.63) is 77.5 Å². The molecular weight excluding hydrogens is 412 g/mol. The van der Waals surface area contributed by atoms with Gasteiger partial charge >= 0.3 is 18.3 Å². The maximum absolute atomic E-state index is 13.5. The summed E-state index contributed by atoms with van der Waals surface area (Å²) in [5.74, 6) is -1.28. The molecule has 30 heavy (non-hydrogen) atoms. The molecule has 0 saturated carbocycles. The maximum Gasteiger partial charge on any atom is 0.417 e. The van der Waals surface area contributed by atoms with Gasteiger partial charge in [0.1, 0.15) is 0 Å². The number of carbonyl (C=O) groups is 1. The molecule has 0 bridgehead atoms. The van der Waals surface area contributed by atoms with E-state index in [2.05, 4.69) is 4.98 Å². The zero-order valence-electron chi connectivity index (χ0n) is 15.1. The fourth-order valence-electron chi connectivity index (χ4n) is 3.08. The SMILES string of the molecule is O=C(O)Cc1ccc(-c2ccccc2C(F)(F)F)c(-c2ccccc2C(F)(F)F)n1. The second-order valence-electron chi connectivity index (χ2n) is 6.36. The quantitative estimate of drug-likeness (QED) is 0.516. The van der Waals surface area contributed by atoms with E-state index < -0.39 is 41.4 Å². The number of nitrogens with zero attached hydrogens (tertiary/aromatic N) is 1. The van der Waals surface area contributed by atoms with Gasteiger partial charge < -0.3 is 5.11 Å². The van der Waals surface area contributed by atoms with E-state index in [4.69, 9.17) is 5.11 Å². The van der Waals surface area contributed by atoms with Gasteiger partial charge in [-0.3, -0.25) is 9.78 Å². The lowest BCUT2D eigenvalue weighted by atomic mass is 9.92. The molecule has 0 aliphatic heterocycles. The summed E-state index contributed by atoms with van der Waals surface area (Å²) >= 11 is 0. The van der Waals surface area contributed by atoms with Crippen LogP contribution in [0.2, 0.25) is 0 Å². The molecule has 156 valence electrons. The van der Waals surface area contributed by atoms with Crippen molar-refractivity contribution in [3.8, 4) is 22.4 Å². The summed E-state index contributed by atoms with van der Waals surface area (Å²) in [6, 6.07) is 11.1. The van der Waals surface area contributed by atoms with Crippen molar-refractivity contribution in [1.29, 1.82) is 0 Å². The van der Waals surface area contributed by atoms with Crippen LogP contribution in [0.3, 0.4) is 0 Å². The fraction of sp³-hybridized carbons (Fsp3) is 0.143. The number of alkyl halides is 6. The van der Waals surface area contributed by atoms with Crippen molar-refractivity contribution in [2.24, 2.45) is 0 Å². The van der Waals surface area contributed by atoms with E-state index in [9.17, 15) is 31.1 Å². The van der Waals surface area contributed by atoms with Crippen LogP contribution in [-0.4, -0.2) is 16.1 Å². The Morgan fingerprint density at radius 2 is 1.23 bits per heavy atom. The zero-order chi connectivity index (χ0) is 22.1. The van der Waals surface area contributed by atoms with Gasteiger partial charge in [-0.1, -0.05) is 42.5 Å². The van der Waals surface area contributed by atoms with Crippen LogP contribution in [0.4, 0.5) is 26.3 Å². The van der Waals surface area contributed by atoms with Crippen molar-refractivity contribution >= 4 is 5.97 Å². The normalized spacial score (nSPS) is 12.1. The molecule has 0 atom stereocenters. The predicted molar refractivity (Wildman–Crippen MR) is 96.5 cm³/mol. The molecular formula is C21H13F6NO2. The van der Waals surface area contributed by atoms with Crippen molar-refractivity contribution in [2.75, 3.05) is 0 Å². The Kier molecular flexibility index (Phi) is 5.56. The molecule has 0 spiro atoms. The summed E-state index contributed by atoms with van der Waals surface area (Å²) in [5.41, 5.74) is -3.57. The van der Waals surface area contributed by atoms with E-state index in [1.165, 1.54) is 30.3 Å². The van der Waals surface area contributed by atoms with E-state index in [1.54, 1.807) is 0 Å². The van der Waals surface area contributed by atoms with Crippen molar-refractivity contribution in [3.63, 3.8) is 0 Å². The van der Waals surface area contributed by atoms with Crippen molar-refractivity contribution < 1.29 is 36.2 Å². The van der Waals surface area contributed by atoms with Crippen LogP contribution in [0.15, 0.2) is 60.7 Å². The smallest absolute Gasteiger partial charge is 0.417 e. The molecule has 1 heterocycles. The summed E-state index contributed by atoms with van der Waals surface area (Å²) < 4.78 is 81.2. The molecule has 0 fully saturated rings. The van der Waals surface area contributed by atoms with Crippen LogP contribution in [0.25, 0.3) is 22.4 Å². The van der Waals surface area contributed by atoms with Crippen LogP contribution >= 0.6 is 0 Å². The molecule has 3 aromatic rings. The monoisotopic (exact) mass is 425 g/mol. The fourth-order valence-corrected chi connectivity index (χ4v) is 3.08. The third-order valence-corrected chi connectivity index (χ3v) is 4.30. The molecule has 0 aliphatic rings. The Hall–Kier alpha value is -3.36. The average Bonchev–Trinajstić information content (AvgIpc) is 2.66. The van der Waals surface area contributed by atoms with Gasteiger partial charge in [0.2, 0.25) is 0 Å². The van der Waals surface area contributed by atoms with Gasteiger partial charge in [0.25, 0.3) is 0 Å². The van der Waals surface area contributed by atoms with Gasteiger partial charge in [0.15, 0.2) is 0 Å². The van der Waals surface area contributed by atoms with Gasteiger partial charge in [0, 0.05) is 11.1 Å². The van der Waals surface area contributed by atoms with E-state index >= 15 is 0 Å². The number of halogens is 6. The first kappa shape index (κ1) is 21.4. The molecule has 3 rings (SSSR count). The molecule has 0 radical (unpaired) electrons. The van der Waals surface area contributed by atoms with E-state index in [1.807, 2.05) is 0 Å². The Bertz CT molecular complexity index is 1090. The zero-order valence-corrected chi connectivity index (χ0v) is 15.1. The minimum absolute atomic E-state index is 0.0808. The number of hydrogen-bond acceptors (Lipinski definition) is 2. The third-order valence-electron chi connectivity index (χ3n) is 4.30. The molecule has 1 aromatic heterocycles. The number of benzene rings is 2. The second kappa shape index (κ2) is 7.81. The molecule has 9 heteroatoms. The average molecular weight is 425 g/mol. The molecule has 0 amide bonds. The predicted octanol–water partition coefficient (Wildman–Crippen LogP) is 6.08. The highest BCUT2D eigenvalue weighted by Gasteiger charge is 2.36. The van der Waals surface area contributed by atoms with Crippen LogP contribution in [0.5, 0.6) is 0 Å². The first-order chi connectivity index (χ1) is 14.0. The van der Waals surface area contributed by atoms with E-state index in [0.29, 0.717) is 0 Å². The van der Waals surface area contributed by atoms with Gasteiger partial charge in [0.05, 0.1) is 28.9 Å². The highest BCUT2D eigenvalue weighted by atomic mass is 19.4. The highest BCUT2D eigenvalue weighted by Crippen LogP contribution is 2.43. The molecule has 2 aromatic carbocycles. The number of pyridine rings is 1. The lowest BCUT2D eigenvalue weighted by molar-refractivity contribution is -0.138. The third kappa shape index (κ3) is 4.45. The number of rotatable bonds is 4. The Morgan fingerprint density at radius 1 is 0.733 bits per heavy atom. The topological polar surface area (TPSA) is 50.2 Å². The van der Waals surface area contributed by atoms with Crippen molar-refractivity contribution in [2.45, 2.75) is 18.8 Å². The summed E-state index contributed by atoms with van der Waals surface area (Å²) in [7, 11) is 0. The molecule has 3 nitrogen and oxygen atoms in total. The van der Waals surface area contributed by atoms with Crippen LogP contribution in [0, 0.1) is 0 Å². The van der Waals surface area contributed by atoms with Gasteiger partial charge in [-0.25, -0.2) is 0 Å². The van der Waals surface area contributed by atoms with Crippen LogP contribution in [0.1, 0.15) is 16.8 Å². The van der Waals surface area contributed by atoms with Crippen LogP contribution < -0.4 is 0 Å². The summed E-state index contributed by atoms with van der Waals surface area (Å²) in [6.07, 6.45) is -10.1. The van der Waals surface area contributed by atoms with E-state index in [-0.39, 0.29) is 22.5 Å². The number of carboxylic acids is 1. The second-order valence-corrected chi connectivity index (χ2v) is 6.36. The minimum Gasteiger partial charge on any atom is -0.481 e. The number of aliphatic carboxylic acids is 1. The molecule has 0 unspecified atom stereocenters. The lowest BCUT2D eigenvalue weighted by Crippen LogP contribution is -2.11. The summed E-state index contributed by atoms with van der Waals surface area (Å²) in [4.78, 5) is 15.0. The number of carboxylic acid groups (broad SMARTS) is 1. The minimum atomic E-state index is -4.79. The highest BCUT2D eigenvalue weighted by molar-refractivity contribution is 5.84. The molecule has 1 N–H and O–H groups in total. The molecule has 0 aliphatic carbocycles. The molecule has 0 saturated heterocycles. The van der Waals surface area contributed by atoms with Gasteiger partial charge in [-0.2, -0.15) is 26.3 Å². The summed E-state index contributed by atoms with van der Waals surface area (Å²) in [5, 5.41) is 8.98. The Labute approximate surface area is 166 Å².